The predicted molar refractivity (Wildman–Crippen MR) is 115 cm³/mol. The zero-order chi connectivity index (χ0) is 20.5. The Morgan fingerprint density at radius 1 is 1.07 bits per heavy atom. The molecule has 0 aromatic heterocycles. The number of benzene rings is 2. The minimum Gasteiger partial charge on any atom is -0.507 e. The molecule has 2 aliphatic rings. The lowest BCUT2D eigenvalue weighted by Crippen LogP contribution is -2.02. The fourth-order valence-corrected chi connectivity index (χ4v) is 3.88. The standard InChI is InChI=1S/C24H22ClNO3/c1-14-8-16(10-18(24(14)27)9-15-6-4-5-7-20(15)25)21-12-17-11-19(28-2)13-22(29-3)23(17)26-21/h4-8,10,12-13,27H,9,11H2,1-3H3. The largest absolute Gasteiger partial charge is 0.507 e. The van der Waals surface area contributed by atoms with Gasteiger partial charge in [-0.05, 0) is 53.5 Å². The Balaban J connectivity index is 1.73. The number of rotatable bonds is 5. The predicted octanol–water partition coefficient (Wildman–Crippen LogP) is 5.47. The summed E-state index contributed by atoms with van der Waals surface area (Å²) in [4.78, 5) is 4.81. The van der Waals surface area contributed by atoms with Crippen molar-refractivity contribution in [3.05, 3.63) is 98.6 Å². The lowest BCUT2D eigenvalue weighted by atomic mass is 9.96. The van der Waals surface area contributed by atoms with E-state index in [0.29, 0.717) is 23.6 Å². The van der Waals surface area contributed by atoms with E-state index in [4.69, 9.17) is 26.1 Å². The number of nitrogens with zero attached hydrogens (tertiary/aromatic N) is 1. The molecular weight excluding hydrogens is 386 g/mol. The van der Waals surface area contributed by atoms with Crippen LogP contribution in [-0.4, -0.2) is 25.0 Å². The van der Waals surface area contributed by atoms with Gasteiger partial charge < -0.3 is 14.6 Å². The highest BCUT2D eigenvalue weighted by atomic mass is 35.5. The number of hydrogen-bond donors (Lipinski definition) is 1. The molecule has 148 valence electrons. The first-order chi connectivity index (χ1) is 14.0. The van der Waals surface area contributed by atoms with Crippen LogP contribution in [0.15, 0.2) is 76.3 Å². The molecule has 2 aromatic carbocycles. The highest BCUT2D eigenvalue weighted by Gasteiger charge is 2.25. The second-order valence-electron chi connectivity index (χ2n) is 7.14. The van der Waals surface area contributed by atoms with Crippen molar-refractivity contribution in [1.82, 2.24) is 0 Å². The van der Waals surface area contributed by atoms with Crippen molar-refractivity contribution >= 4 is 17.3 Å². The van der Waals surface area contributed by atoms with E-state index in [0.717, 1.165) is 45.0 Å². The SMILES string of the molecule is COC1=CC(OC)=C2N=C(c3cc(C)c(O)c(Cc4ccccc4Cl)c3)C=C2C1. The van der Waals surface area contributed by atoms with E-state index in [1.54, 1.807) is 14.2 Å². The average molecular weight is 408 g/mol. The van der Waals surface area contributed by atoms with Crippen LogP contribution in [0, 0.1) is 6.92 Å². The highest BCUT2D eigenvalue weighted by molar-refractivity contribution is 6.31. The third-order valence-corrected chi connectivity index (χ3v) is 5.60. The summed E-state index contributed by atoms with van der Waals surface area (Å²) in [7, 11) is 3.29. The van der Waals surface area contributed by atoms with Crippen LogP contribution in [0.4, 0.5) is 0 Å². The van der Waals surface area contributed by atoms with Gasteiger partial charge in [-0.2, -0.15) is 0 Å². The number of fused-ring (bicyclic) bond motifs is 1. The Labute approximate surface area is 175 Å². The Kier molecular flexibility index (Phi) is 5.20. The number of allylic oxidation sites excluding steroid dienone is 4. The maximum Gasteiger partial charge on any atom is 0.148 e. The van der Waals surface area contributed by atoms with Crippen molar-refractivity contribution in [2.45, 2.75) is 19.8 Å². The molecule has 0 atom stereocenters. The number of aryl methyl sites for hydroxylation is 1. The third kappa shape index (κ3) is 3.68. The molecule has 1 aliphatic heterocycles. The zero-order valence-electron chi connectivity index (χ0n) is 16.6. The van der Waals surface area contributed by atoms with Crippen LogP contribution in [0.3, 0.4) is 0 Å². The van der Waals surface area contributed by atoms with E-state index < -0.39 is 0 Å². The van der Waals surface area contributed by atoms with E-state index in [-0.39, 0.29) is 5.75 Å². The van der Waals surface area contributed by atoms with Crippen molar-refractivity contribution in [1.29, 1.82) is 0 Å². The molecule has 0 fully saturated rings. The summed E-state index contributed by atoms with van der Waals surface area (Å²) < 4.78 is 10.9. The van der Waals surface area contributed by atoms with Crippen LogP contribution >= 0.6 is 11.6 Å². The average Bonchev–Trinajstić information content (AvgIpc) is 3.16. The molecule has 0 saturated carbocycles. The van der Waals surface area contributed by atoms with Crippen LogP contribution in [0.2, 0.25) is 5.02 Å². The van der Waals surface area contributed by atoms with Crippen molar-refractivity contribution in [3.8, 4) is 5.75 Å². The lowest BCUT2D eigenvalue weighted by molar-refractivity contribution is 0.262. The molecule has 1 heterocycles. The summed E-state index contributed by atoms with van der Waals surface area (Å²) in [5.41, 5.74) is 6.29. The van der Waals surface area contributed by atoms with Gasteiger partial charge in [0.15, 0.2) is 0 Å². The molecular formula is C24H22ClNO3. The topological polar surface area (TPSA) is 51.0 Å². The molecule has 0 radical (unpaired) electrons. The van der Waals surface area contributed by atoms with Crippen molar-refractivity contribution in [3.63, 3.8) is 0 Å². The smallest absolute Gasteiger partial charge is 0.148 e. The van der Waals surface area contributed by atoms with E-state index in [1.165, 1.54) is 0 Å². The third-order valence-electron chi connectivity index (χ3n) is 5.23. The number of aliphatic imine (C=N–C) groups is 1. The minimum absolute atomic E-state index is 0.289. The summed E-state index contributed by atoms with van der Waals surface area (Å²) in [6, 6.07) is 11.6. The molecule has 0 bridgehead atoms. The second-order valence-corrected chi connectivity index (χ2v) is 7.55. The molecule has 2 aromatic rings. The summed E-state index contributed by atoms with van der Waals surface area (Å²) in [5.74, 6) is 1.83. The fourth-order valence-electron chi connectivity index (χ4n) is 3.68. The van der Waals surface area contributed by atoms with Crippen molar-refractivity contribution < 1.29 is 14.6 Å². The second kappa shape index (κ2) is 7.80. The van der Waals surface area contributed by atoms with Gasteiger partial charge in [-0.3, -0.25) is 0 Å². The molecule has 1 N–H and O–H groups in total. The summed E-state index contributed by atoms with van der Waals surface area (Å²) in [6.07, 6.45) is 5.16. The Hall–Kier alpha value is -2.98. The van der Waals surface area contributed by atoms with Crippen molar-refractivity contribution in [2.75, 3.05) is 14.2 Å². The van der Waals surface area contributed by atoms with Gasteiger partial charge in [0.1, 0.15) is 23.0 Å². The Bertz CT molecular complexity index is 1110. The van der Waals surface area contributed by atoms with Crippen LogP contribution in [0.5, 0.6) is 5.75 Å². The van der Waals surface area contributed by atoms with Crippen LogP contribution in [0.1, 0.15) is 28.7 Å². The molecule has 4 rings (SSSR count). The number of methoxy groups -OCH3 is 2. The van der Waals surface area contributed by atoms with Gasteiger partial charge in [0.05, 0.1) is 19.9 Å². The van der Waals surface area contributed by atoms with Gasteiger partial charge in [-0.25, -0.2) is 4.99 Å². The monoisotopic (exact) mass is 407 g/mol. The summed E-state index contributed by atoms with van der Waals surface area (Å²) >= 11 is 6.32. The van der Waals surface area contributed by atoms with Gasteiger partial charge in [-0.15, -0.1) is 0 Å². The van der Waals surface area contributed by atoms with Crippen LogP contribution in [-0.2, 0) is 15.9 Å². The lowest BCUT2D eigenvalue weighted by Gasteiger charge is -2.16. The maximum atomic E-state index is 10.6. The molecule has 4 nitrogen and oxygen atoms in total. The molecule has 5 heteroatoms. The summed E-state index contributed by atoms with van der Waals surface area (Å²) in [6.45, 7) is 1.90. The summed E-state index contributed by atoms with van der Waals surface area (Å²) in [5, 5.41) is 11.3. The normalized spacial score (nSPS) is 15.5. The number of ether oxygens (including phenoxy) is 2. The number of aromatic hydroxyl groups is 1. The molecule has 29 heavy (non-hydrogen) atoms. The number of hydrogen-bond acceptors (Lipinski definition) is 4. The first-order valence-electron chi connectivity index (χ1n) is 9.39. The Morgan fingerprint density at radius 2 is 1.86 bits per heavy atom. The van der Waals surface area contributed by atoms with E-state index in [2.05, 4.69) is 6.08 Å². The number of phenols is 1. The van der Waals surface area contributed by atoms with Crippen molar-refractivity contribution in [2.24, 2.45) is 4.99 Å². The van der Waals surface area contributed by atoms with E-state index in [1.807, 2.05) is 49.4 Å². The van der Waals surface area contributed by atoms with Gasteiger partial charge in [0, 0.05) is 29.5 Å². The molecule has 0 saturated heterocycles. The quantitative estimate of drug-likeness (QED) is 0.715. The minimum atomic E-state index is 0.289. The number of phenolic OH excluding ortho intramolecular Hbond substituents is 1. The van der Waals surface area contributed by atoms with Crippen LogP contribution < -0.4 is 0 Å². The van der Waals surface area contributed by atoms with Gasteiger partial charge in [0.2, 0.25) is 0 Å². The first-order valence-corrected chi connectivity index (χ1v) is 9.76. The van der Waals surface area contributed by atoms with Gasteiger partial charge in [-0.1, -0.05) is 29.8 Å². The Morgan fingerprint density at radius 3 is 2.59 bits per heavy atom. The highest BCUT2D eigenvalue weighted by Crippen LogP contribution is 2.36. The van der Waals surface area contributed by atoms with Gasteiger partial charge >= 0.3 is 0 Å². The van der Waals surface area contributed by atoms with Crippen LogP contribution in [0.25, 0.3) is 0 Å². The van der Waals surface area contributed by atoms with E-state index >= 15 is 0 Å². The number of halogens is 1. The molecule has 0 unspecified atom stereocenters. The molecule has 1 aliphatic carbocycles. The first kappa shape index (κ1) is 19.3. The zero-order valence-corrected chi connectivity index (χ0v) is 17.4. The molecule has 0 amide bonds. The maximum absolute atomic E-state index is 10.6. The van der Waals surface area contributed by atoms with Gasteiger partial charge in [0.25, 0.3) is 0 Å². The fraction of sp³-hybridized carbons (Fsp3) is 0.208. The molecule has 0 spiro atoms. The van der Waals surface area contributed by atoms with E-state index in [9.17, 15) is 5.11 Å².